The quantitative estimate of drug-likeness (QED) is 0.307. The Hall–Kier alpha value is -2.93. The van der Waals surface area contributed by atoms with Crippen LogP contribution in [-0.4, -0.2) is 76.6 Å². The molecule has 194 valence electrons. The van der Waals surface area contributed by atoms with E-state index in [0.717, 1.165) is 12.4 Å². The first-order chi connectivity index (χ1) is 17.3. The Balaban J connectivity index is 1.70. The molecular weight excluding hydrogens is 500 g/mol. The molecule has 1 unspecified atom stereocenters. The van der Waals surface area contributed by atoms with Crippen LogP contribution in [0.4, 0.5) is 10.9 Å². The third-order valence-corrected chi connectivity index (χ3v) is 6.51. The summed E-state index contributed by atoms with van der Waals surface area (Å²) in [6, 6.07) is 6.45. The number of ether oxygens (including phenoxy) is 1. The minimum atomic E-state index is -0.892. The summed E-state index contributed by atoms with van der Waals surface area (Å²) in [6.07, 6.45) is 5.36. The predicted molar refractivity (Wildman–Crippen MR) is 145 cm³/mol. The van der Waals surface area contributed by atoms with Gasteiger partial charge < -0.3 is 25.4 Å². The van der Waals surface area contributed by atoms with Crippen molar-refractivity contribution in [1.82, 2.24) is 19.3 Å². The molecule has 0 saturated carbocycles. The lowest BCUT2D eigenvalue weighted by molar-refractivity contribution is -0.119. The second kappa shape index (κ2) is 13.4. The molecule has 0 bridgehead atoms. The Morgan fingerprint density at radius 1 is 1.25 bits per heavy atom. The molecule has 3 heterocycles. The number of hydrogen-bond acceptors (Lipinski definition) is 9. The molecule has 0 spiro atoms. The highest BCUT2D eigenvalue weighted by atomic mass is 32.2. The van der Waals surface area contributed by atoms with Crippen molar-refractivity contribution in [2.75, 3.05) is 49.9 Å². The number of anilines is 2. The molecule has 0 aliphatic rings. The first-order valence-corrected chi connectivity index (χ1v) is 13.5. The average Bonchev–Trinajstić information content (AvgIpc) is 3.53. The van der Waals surface area contributed by atoms with E-state index in [-0.39, 0.29) is 19.1 Å². The van der Waals surface area contributed by atoms with E-state index in [1.807, 2.05) is 34.7 Å². The van der Waals surface area contributed by atoms with Crippen LogP contribution in [0.25, 0.3) is 11.4 Å². The highest BCUT2D eigenvalue weighted by molar-refractivity contribution is 7.97. The smallest absolute Gasteiger partial charge is 0.253 e. The van der Waals surface area contributed by atoms with Gasteiger partial charge in [0.2, 0.25) is 0 Å². The standard InChI is InChI=1S/C24H32N6O4S2/c1-16(2)12-29(10-11-31)21-7-5-6-18(25-21)20-15-36-24(27-20)28-23(33)19(14-34-3)26-22(32)17-8-9-30(13-17)35-4/h5-9,13,15-16,19,31H,10-12,14H2,1-4H3,(H,26,32)(H,27,28,33). The molecule has 36 heavy (non-hydrogen) atoms. The summed E-state index contributed by atoms with van der Waals surface area (Å²) in [5.41, 5.74) is 1.74. The third-order valence-electron chi connectivity index (χ3n) is 5.11. The van der Waals surface area contributed by atoms with Gasteiger partial charge in [0.25, 0.3) is 11.8 Å². The summed E-state index contributed by atoms with van der Waals surface area (Å²) >= 11 is 2.73. The van der Waals surface area contributed by atoms with Crippen molar-refractivity contribution in [2.24, 2.45) is 5.92 Å². The summed E-state index contributed by atoms with van der Waals surface area (Å²) < 4.78 is 6.95. The number of rotatable bonds is 13. The van der Waals surface area contributed by atoms with E-state index in [9.17, 15) is 14.7 Å². The maximum atomic E-state index is 12.9. The van der Waals surface area contributed by atoms with Crippen LogP contribution in [0.15, 0.2) is 42.0 Å². The highest BCUT2D eigenvalue weighted by Crippen LogP contribution is 2.25. The van der Waals surface area contributed by atoms with Crippen LogP contribution in [-0.2, 0) is 9.53 Å². The number of nitrogens with one attached hydrogen (secondary N) is 2. The molecule has 0 fully saturated rings. The second-order valence-electron chi connectivity index (χ2n) is 8.40. The maximum Gasteiger partial charge on any atom is 0.253 e. The minimum absolute atomic E-state index is 0.0131. The normalized spacial score (nSPS) is 11.9. The number of aliphatic hydroxyl groups excluding tert-OH is 1. The van der Waals surface area contributed by atoms with Crippen LogP contribution in [0.2, 0.25) is 0 Å². The first-order valence-electron chi connectivity index (χ1n) is 11.5. The van der Waals surface area contributed by atoms with Gasteiger partial charge in [-0.1, -0.05) is 19.9 Å². The number of thiazole rings is 1. The van der Waals surface area contributed by atoms with E-state index in [1.165, 1.54) is 30.4 Å². The lowest BCUT2D eigenvalue weighted by Gasteiger charge is -2.25. The number of aliphatic hydroxyl groups is 1. The summed E-state index contributed by atoms with van der Waals surface area (Å²) in [6.45, 7) is 5.53. The molecular formula is C24H32N6O4S2. The number of carbonyl (C=O) groups excluding carboxylic acids is 2. The molecule has 10 nitrogen and oxygen atoms in total. The molecule has 0 aliphatic heterocycles. The number of amides is 2. The molecule has 0 aromatic carbocycles. The van der Waals surface area contributed by atoms with Crippen LogP contribution in [0.1, 0.15) is 24.2 Å². The molecule has 0 saturated heterocycles. The fraction of sp³-hybridized carbons (Fsp3) is 0.417. The van der Waals surface area contributed by atoms with Gasteiger partial charge in [0.15, 0.2) is 5.13 Å². The van der Waals surface area contributed by atoms with Gasteiger partial charge in [-0.15, -0.1) is 11.3 Å². The van der Waals surface area contributed by atoms with Gasteiger partial charge in [0.05, 0.1) is 24.5 Å². The van der Waals surface area contributed by atoms with Crippen LogP contribution < -0.4 is 15.5 Å². The number of hydrogen-bond donors (Lipinski definition) is 3. The maximum absolute atomic E-state index is 12.9. The molecule has 3 aromatic rings. The van der Waals surface area contributed by atoms with Crippen LogP contribution in [0, 0.1) is 5.92 Å². The Morgan fingerprint density at radius 3 is 2.72 bits per heavy atom. The Bertz CT molecular complexity index is 1150. The summed E-state index contributed by atoms with van der Waals surface area (Å²) in [7, 11) is 1.47. The number of pyridine rings is 1. The molecule has 3 aromatic heterocycles. The molecule has 1 atom stereocenters. The van der Waals surface area contributed by atoms with Crippen LogP contribution in [0.5, 0.6) is 0 Å². The SMILES string of the molecule is COCC(NC(=O)c1ccn(SC)c1)C(=O)Nc1nc(-c2cccc(N(CCO)CC(C)C)n2)cs1. The van der Waals surface area contributed by atoms with Gasteiger partial charge in [0.1, 0.15) is 17.6 Å². The Labute approximate surface area is 219 Å². The van der Waals surface area contributed by atoms with Crippen molar-refractivity contribution < 1.29 is 19.4 Å². The van der Waals surface area contributed by atoms with E-state index >= 15 is 0 Å². The van der Waals surface area contributed by atoms with Crippen molar-refractivity contribution in [3.63, 3.8) is 0 Å². The van der Waals surface area contributed by atoms with E-state index in [0.29, 0.717) is 34.5 Å². The van der Waals surface area contributed by atoms with Gasteiger partial charge in [-0.05, 0) is 36.1 Å². The second-order valence-corrected chi connectivity index (χ2v) is 10.0. The van der Waals surface area contributed by atoms with Gasteiger partial charge in [-0.2, -0.15) is 0 Å². The fourth-order valence-electron chi connectivity index (χ4n) is 3.46. The summed E-state index contributed by atoms with van der Waals surface area (Å²) in [4.78, 5) is 36.8. The van der Waals surface area contributed by atoms with Crippen molar-refractivity contribution in [3.8, 4) is 11.4 Å². The average molecular weight is 533 g/mol. The largest absolute Gasteiger partial charge is 0.395 e. The van der Waals surface area contributed by atoms with Crippen molar-refractivity contribution in [3.05, 3.63) is 47.6 Å². The van der Waals surface area contributed by atoms with Crippen molar-refractivity contribution in [1.29, 1.82) is 0 Å². The molecule has 3 rings (SSSR count). The van der Waals surface area contributed by atoms with Gasteiger partial charge in [-0.3, -0.25) is 13.6 Å². The first kappa shape index (κ1) is 27.7. The van der Waals surface area contributed by atoms with Crippen LogP contribution >= 0.6 is 23.3 Å². The lowest BCUT2D eigenvalue weighted by Crippen LogP contribution is -2.46. The summed E-state index contributed by atoms with van der Waals surface area (Å²) in [5.74, 6) is 0.374. The number of methoxy groups -OCH3 is 1. The molecule has 2 amide bonds. The molecule has 3 N–H and O–H groups in total. The number of nitrogens with zero attached hydrogens (tertiary/aromatic N) is 4. The zero-order chi connectivity index (χ0) is 26.1. The number of carbonyl (C=O) groups is 2. The zero-order valence-corrected chi connectivity index (χ0v) is 22.4. The summed E-state index contributed by atoms with van der Waals surface area (Å²) in [5, 5.41) is 17.1. The lowest BCUT2D eigenvalue weighted by atomic mass is 10.2. The monoisotopic (exact) mass is 532 g/mol. The third kappa shape index (κ3) is 7.53. The fourth-order valence-corrected chi connectivity index (χ4v) is 4.57. The zero-order valence-electron chi connectivity index (χ0n) is 20.8. The Kier molecular flexibility index (Phi) is 10.3. The van der Waals surface area contributed by atoms with E-state index in [1.54, 1.807) is 22.4 Å². The highest BCUT2D eigenvalue weighted by Gasteiger charge is 2.23. The van der Waals surface area contributed by atoms with Crippen LogP contribution in [0.3, 0.4) is 0 Å². The van der Waals surface area contributed by atoms with E-state index in [2.05, 4.69) is 29.5 Å². The van der Waals surface area contributed by atoms with Crippen molar-refractivity contribution in [2.45, 2.75) is 19.9 Å². The minimum Gasteiger partial charge on any atom is -0.395 e. The van der Waals surface area contributed by atoms with Gasteiger partial charge >= 0.3 is 0 Å². The number of aromatic nitrogens is 3. The van der Waals surface area contributed by atoms with Gasteiger partial charge in [-0.25, -0.2) is 9.97 Å². The molecule has 0 aliphatic carbocycles. The van der Waals surface area contributed by atoms with E-state index in [4.69, 9.17) is 9.72 Å². The van der Waals surface area contributed by atoms with Gasteiger partial charge in [0, 0.05) is 44.2 Å². The van der Waals surface area contributed by atoms with E-state index < -0.39 is 11.9 Å². The molecule has 12 heteroatoms. The Morgan fingerprint density at radius 2 is 2.06 bits per heavy atom. The van der Waals surface area contributed by atoms with Crippen molar-refractivity contribution >= 4 is 46.0 Å². The topological polar surface area (TPSA) is 122 Å². The molecule has 0 radical (unpaired) electrons. The predicted octanol–water partition coefficient (Wildman–Crippen LogP) is 2.97.